The molecule has 92 valence electrons. The second-order valence-electron chi connectivity index (χ2n) is 4.72. The molecular formula is C12H23N3O. The van der Waals surface area contributed by atoms with E-state index in [1.807, 2.05) is 0 Å². The molecule has 1 rings (SSSR count). The number of rotatable bonds is 5. The molecule has 1 unspecified atom stereocenters. The summed E-state index contributed by atoms with van der Waals surface area (Å²) in [6.45, 7) is 7.94. The van der Waals surface area contributed by atoms with Crippen molar-refractivity contribution in [1.29, 1.82) is 0 Å². The Morgan fingerprint density at radius 3 is 2.62 bits per heavy atom. The van der Waals surface area contributed by atoms with E-state index in [0.717, 1.165) is 39.1 Å². The van der Waals surface area contributed by atoms with E-state index in [-0.39, 0.29) is 11.6 Å². The van der Waals surface area contributed by atoms with E-state index in [1.165, 1.54) is 0 Å². The number of terminal acetylenes is 1. The van der Waals surface area contributed by atoms with Gasteiger partial charge in [0.1, 0.15) is 0 Å². The first-order valence-electron chi connectivity index (χ1n) is 5.85. The number of nitrogens with two attached hydrogens (primary N) is 1. The molecule has 0 aromatic carbocycles. The van der Waals surface area contributed by atoms with Crippen LogP contribution in [0, 0.1) is 12.3 Å². The fraction of sp³-hybridized carbons (Fsp3) is 0.833. The number of nitrogens with one attached hydrogen (secondary N) is 1. The minimum atomic E-state index is 0.00931. The third-order valence-electron chi connectivity index (χ3n) is 3.46. The summed E-state index contributed by atoms with van der Waals surface area (Å²) in [6, 6.07) is 0.210. The van der Waals surface area contributed by atoms with E-state index in [0.29, 0.717) is 0 Å². The van der Waals surface area contributed by atoms with E-state index in [9.17, 15) is 0 Å². The number of hydrazine groups is 1. The van der Waals surface area contributed by atoms with Crippen molar-refractivity contribution < 1.29 is 4.74 Å². The zero-order valence-electron chi connectivity index (χ0n) is 10.3. The van der Waals surface area contributed by atoms with Crippen LogP contribution in [0.5, 0.6) is 0 Å². The Kier molecular flexibility index (Phi) is 5.23. The topological polar surface area (TPSA) is 50.5 Å². The first kappa shape index (κ1) is 13.5. The Morgan fingerprint density at radius 2 is 2.12 bits per heavy atom. The van der Waals surface area contributed by atoms with Gasteiger partial charge in [-0.05, 0) is 20.3 Å². The standard InChI is InChI=1S/C12H23N3O/c1-4-5-6-11(14-13)12(2,3)15-7-9-16-10-8-15/h1,11,14H,5-10,13H2,2-3H3. The molecule has 0 amide bonds. The van der Waals surface area contributed by atoms with Crippen molar-refractivity contribution in [2.75, 3.05) is 26.3 Å². The highest BCUT2D eigenvalue weighted by atomic mass is 16.5. The highest BCUT2D eigenvalue weighted by Crippen LogP contribution is 2.22. The van der Waals surface area contributed by atoms with Gasteiger partial charge in [0.05, 0.1) is 13.2 Å². The predicted octanol–water partition coefficient (Wildman–Crippen LogP) is 0.343. The van der Waals surface area contributed by atoms with E-state index in [1.54, 1.807) is 0 Å². The van der Waals surface area contributed by atoms with Crippen LogP contribution in [-0.2, 0) is 4.74 Å². The molecular weight excluding hydrogens is 202 g/mol. The molecule has 0 aliphatic carbocycles. The maximum absolute atomic E-state index is 5.63. The molecule has 1 aliphatic heterocycles. The van der Waals surface area contributed by atoms with E-state index < -0.39 is 0 Å². The Hall–Kier alpha value is -0.600. The smallest absolute Gasteiger partial charge is 0.0594 e. The van der Waals surface area contributed by atoms with E-state index in [4.69, 9.17) is 17.0 Å². The molecule has 0 aromatic rings. The average Bonchev–Trinajstić information content (AvgIpc) is 2.31. The van der Waals surface area contributed by atoms with Gasteiger partial charge in [0.2, 0.25) is 0 Å². The van der Waals surface area contributed by atoms with E-state index >= 15 is 0 Å². The van der Waals surface area contributed by atoms with Crippen LogP contribution < -0.4 is 11.3 Å². The summed E-state index contributed by atoms with van der Waals surface area (Å²) in [4.78, 5) is 2.41. The van der Waals surface area contributed by atoms with Crippen LogP contribution in [0.15, 0.2) is 0 Å². The summed E-state index contributed by atoms with van der Waals surface area (Å²) in [6.07, 6.45) is 6.95. The van der Waals surface area contributed by atoms with Crippen LogP contribution in [0.1, 0.15) is 26.7 Å². The summed E-state index contributed by atoms with van der Waals surface area (Å²) >= 11 is 0. The lowest BCUT2D eigenvalue weighted by Crippen LogP contribution is -2.61. The first-order valence-corrected chi connectivity index (χ1v) is 5.85. The quantitative estimate of drug-likeness (QED) is 0.402. The fourth-order valence-corrected chi connectivity index (χ4v) is 2.23. The predicted molar refractivity (Wildman–Crippen MR) is 65.6 cm³/mol. The van der Waals surface area contributed by atoms with Crippen molar-refractivity contribution >= 4 is 0 Å². The van der Waals surface area contributed by atoms with Gasteiger partial charge >= 0.3 is 0 Å². The van der Waals surface area contributed by atoms with Crippen LogP contribution in [0.4, 0.5) is 0 Å². The second-order valence-corrected chi connectivity index (χ2v) is 4.72. The van der Waals surface area contributed by atoms with Gasteiger partial charge in [-0.3, -0.25) is 16.2 Å². The Labute approximate surface area is 98.5 Å². The highest BCUT2D eigenvalue weighted by molar-refractivity contribution is 4.96. The Balaban J connectivity index is 2.60. The lowest BCUT2D eigenvalue weighted by atomic mass is 9.89. The van der Waals surface area contributed by atoms with Gasteiger partial charge in [-0.25, -0.2) is 0 Å². The molecule has 1 atom stereocenters. The van der Waals surface area contributed by atoms with Gasteiger partial charge in [0.15, 0.2) is 0 Å². The van der Waals surface area contributed by atoms with Crippen molar-refractivity contribution in [3.8, 4) is 12.3 Å². The molecule has 0 aromatic heterocycles. The maximum Gasteiger partial charge on any atom is 0.0594 e. The monoisotopic (exact) mass is 225 g/mol. The zero-order valence-corrected chi connectivity index (χ0v) is 10.3. The van der Waals surface area contributed by atoms with Crippen LogP contribution in [-0.4, -0.2) is 42.8 Å². The summed E-state index contributed by atoms with van der Waals surface area (Å²) in [5.74, 6) is 8.30. The second kappa shape index (κ2) is 6.21. The molecule has 0 radical (unpaired) electrons. The molecule has 1 aliphatic rings. The van der Waals surface area contributed by atoms with Crippen molar-refractivity contribution in [2.24, 2.45) is 5.84 Å². The average molecular weight is 225 g/mol. The van der Waals surface area contributed by atoms with Crippen LogP contribution in [0.25, 0.3) is 0 Å². The molecule has 1 heterocycles. The lowest BCUT2D eigenvalue weighted by Gasteiger charge is -2.45. The number of nitrogens with zero attached hydrogens (tertiary/aromatic N) is 1. The Bertz CT molecular complexity index is 241. The normalized spacial score (nSPS) is 20.4. The third-order valence-corrected chi connectivity index (χ3v) is 3.46. The molecule has 1 saturated heterocycles. The zero-order chi connectivity index (χ0) is 12.0. The molecule has 4 heteroatoms. The molecule has 4 nitrogen and oxygen atoms in total. The molecule has 0 saturated carbocycles. The van der Waals surface area contributed by atoms with Crippen molar-refractivity contribution in [3.63, 3.8) is 0 Å². The third kappa shape index (κ3) is 3.19. The van der Waals surface area contributed by atoms with Crippen molar-refractivity contribution in [2.45, 2.75) is 38.3 Å². The van der Waals surface area contributed by atoms with Gasteiger partial charge in [0.25, 0.3) is 0 Å². The molecule has 0 spiro atoms. The largest absolute Gasteiger partial charge is 0.379 e. The van der Waals surface area contributed by atoms with E-state index in [2.05, 4.69) is 30.1 Å². The van der Waals surface area contributed by atoms with Gasteiger partial charge in [-0.2, -0.15) is 0 Å². The molecule has 1 fully saturated rings. The fourth-order valence-electron chi connectivity index (χ4n) is 2.23. The van der Waals surface area contributed by atoms with Crippen LogP contribution >= 0.6 is 0 Å². The van der Waals surface area contributed by atoms with Crippen molar-refractivity contribution in [3.05, 3.63) is 0 Å². The van der Waals surface area contributed by atoms with Crippen LogP contribution in [0.2, 0.25) is 0 Å². The van der Waals surface area contributed by atoms with Crippen molar-refractivity contribution in [1.82, 2.24) is 10.3 Å². The minimum Gasteiger partial charge on any atom is -0.379 e. The van der Waals surface area contributed by atoms with Crippen LogP contribution in [0.3, 0.4) is 0 Å². The summed E-state index contributed by atoms with van der Waals surface area (Å²) < 4.78 is 5.36. The van der Waals surface area contributed by atoms with Gasteiger partial charge in [-0.15, -0.1) is 12.3 Å². The summed E-state index contributed by atoms with van der Waals surface area (Å²) in [5.41, 5.74) is 2.91. The molecule has 0 bridgehead atoms. The van der Waals surface area contributed by atoms with Gasteiger partial charge in [-0.1, -0.05) is 0 Å². The number of ether oxygens (including phenoxy) is 1. The highest BCUT2D eigenvalue weighted by Gasteiger charge is 2.35. The summed E-state index contributed by atoms with van der Waals surface area (Å²) in [7, 11) is 0. The van der Waals surface area contributed by atoms with Gasteiger partial charge < -0.3 is 4.74 Å². The first-order chi connectivity index (χ1) is 7.62. The maximum atomic E-state index is 5.63. The molecule has 3 N–H and O–H groups in total. The van der Waals surface area contributed by atoms with Gasteiger partial charge in [0, 0.05) is 31.1 Å². The molecule has 16 heavy (non-hydrogen) atoms. The number of hydrogen-bond donors (Lipinski definition) is 2. The lowest BCUT2D eigenvalue weighted by molar-refractivity contribution is -0.0242. The number of morpholine rings is 1. The number of hydrogen-bond acceptors (Lipinski definition) is 4. The minimum absolute atomic E-state index is 0.00931. The SMILES string of the molecule is C#CCCC(NN)C(C)(C)N1CCOCC1. The summed E-state index contributed by atoms with van der Waals surface area (Å²) in [5, 5.41) is 0. The Morgan fingerprint density at radius 1 is 1.50 bits per heavy atom.